The molecule has 0 aliphatic rings. The quantitative estimate of drug-likeness (QED) is 0.480. The van der Waals surface area contributed by atoms with E-state index in [4.69, 9.17) is 20.2 Å². The number of nitrogen functional groups attached to an aromatic ring is 1. The summed E-state index contributed by atoms with van der Waals surface area (Å²) in [7, 11) is 1.64. The summed E-state index contributed by atoms with van der Waals surface area (Å²) in [6, 6.07) is 7.61. The highest BCUT2D eigenvalue weighted by atomic mass is 32.2. The van der Waals surface area contributed by atoms with Crippen LogP contribution in [0.15, 0.2) is 34.8 Å². The summed E-state index contributed by atoms with van der Waals surface area (Å²) in [5.41, 5.74) is 8.61. The minimum atomic E-state index is 0.487. The van der Waals surface area contributed by atoms with Gasteiger partial charge in [-0.05, 0) is 32.0 Å². The Morgan fingerprint density at radius 2 is 2.00 bits per heavy atom. The average molecular weight is 389 g/mol. The summed E-state index contributed by atoms with van der Waals surface area (Å²) < 4.78 is 11.0. The zero-order chi connectivity index (χ0) is 18.5. The van der Waals surface area contributed by atoms with E-state index >= 15 is 0 Å². The van der Waals surface area contributed by atoms with Crippen molar-refractivity contribution in [3.63, 3.8) is 0 Å². The first-order chi connectivity index (χ1) is 12.6. The van der Waals surface area contributed by atoms with Crippen LogP contribution in [0, 0.1) is 6.92 Å². The van der Waals surface area contributed by atoms with Crippen LogP contribution < -0.4 is 15.2 Å². The van der Waals surface area contributed by atoms with Gasteiger partial charge in [0.25, 0.3) is 0 Å². The van der Waals surface area contributed by atoms with E-state index in [1.54, 1.807) is 24.5 Å². The molecule has 2 aromatic heterocycles. The van der Waals surface area contributed by atoms with Crippen molar-refractivity contribution in [1.82, 2.24) is 15.0 Å². The maximum atomic E-state index is 5.77. The Hall–Kier alpha value is -2.32. The monoisotopic (exact) mass is 388 g/mol. The fourth-order valence-corrected chi connectivity index (χ4v) is 4.07. The zero-order valence-corrected chi connectivity index (χ0v) is 16.5. The lowest BCUT2D eigenvalue weighted by Crippen LogP contribution is -1.96. The van der Waals surface area contributed by atoms with Gasteiger partial charge in [-0.3, -0.25) is 0 Å². The number of aryl methyl sites for hydroxylation is 1. The van der Waals surface area contributed by atoms with Crippen LogP contribution in [-0.2, 0) is 5.75 Å². The van der Waals surface area contributed by atoms with Crippen molar-refractivity contribution in [1.29, 1.82) is 0 Å². The van der Waals surface area contributed by atoms with Gasteiger partial charge in [0, 0.05) is 28.5 Å². The molecular formula is C18H20N4O2S2. The zero-order valence-electron chi connectivity index (χ0n) is 14.9. The minimum absolute atomic E-state index is 0.487. The smallest absolute Gasteiger partial charge is 0.190 e. The number of hydrogen-bond donors (Lipinski definition) is 1. The lowest BCUT2D eigenvalue weighted by Gasteiger charge is -2.09. The molecule has 0 spiro atoms. The predicted octanol–water partition coefficient (Wildman–Crippen LogP) is 4.19. The first-order valence-corrected chi connectivity index (χ1v) is 9.95. The fourth-order valence-electron chi connectivity index (χ4n) is 2.35. The molecule has 0 fully saturated rings. The number of anilines is 1. The minimum Gasteiger partial charge on any atom is -0.493 e. The second-order valence-electron chi connectivity index (χ2n) is 5.45. The topological polar surface area (TPSA) is 83.2 Å². The van der Waals surface area contributed by atoms with Crippen LogP contribution in [-0.4, -0.2) is 28.7 Å². The second kappa shape index (κ2) is 8.37. The molecule has 3 aromatic rings. The van der Waals surface area contributed by atoms with Crippen LogP contribution in [0.25, 0.3) is 10.6 Å². The van der Waals surface area contributed by atoms with Gasteiger partial charge in [0.2, 0.25) is 0 Å². The third-order valence-electron chi connectivity index (χ3n) is 3.46. The summed E-state index contributed by atoms with van der Waals surface area (Å²) in [5.74, 6) is 2.62. The number of benzene rings is 1. The van der Waals surface area contributed by atoms with Crippen molar-refractivity contribution in [2.24, 2.45) is 0 Å². The average Bonchev–Trinajstić information content (AvgIpc) is 3.09. The Labute approximate surface area is 160 Å². The molecule has 0 amide bonds. The van der Waals surface area contributed by atoms with Crippen LogP contribution >= 0.6 is 23.1 Å². The van der Waals surface area contributed by atoms with E-state index in [9.17, 15) is 0 Å². The number of ether oxygens (including phenoxy) is 2. The number of aromatic nitrogens is 3. The summed E-state index contributed by atoms with van der Waals surface area (Å²) >= 11 is 3.12. The largest absolute Gasteiger partial charge is 0.493 e. The molecule has 0 saturated heterocycles. The van der Waals surface area contributed by atoms with E-state index in [1.165, 1.54) is 11.8 Å². The van der Waals surface area contributed by atoms with Gasteiger partial charge in [-0.1, -0.05) is 11.8 Å². The number of nitrogens with zero attached hydrogens (tertiary/aromatic N) is 3. The molecule has 0 atom stereocenters. The molecule has 1 aromatic carbocycles. The molecule has 8 heteroatoms. The lowest BCUT2D eigenvalue weighted by molar-refractivity contribution is 0.311. The molecule has 2 N–H and O–H groups in total. The van der Waals surface area contributed by atoms with Gasteiger partial charge < -0.3 is 15.2 Å². The van der Waals surface area contributed by atoms with Crippen molar-refractivity contribution >= 4 is 28.9 Å². The number of thioether (sulfide) groups is 1. The highest BCUT2D eigenvalue weighted by molar-refractivity contribution is 7.98. The van der Waals surface area contributed by atoms with Crippen molar-refractivity contribution in [2.75, 3.05) is 19.5 Å². The Balaban J connectivity index is 1.73. The molecule has 6 nitrogen and oxygen atoms in total. The maximum absolute atomic E-state index is 5.77. The van der Waals surface area contributed by atoms with E-state index in [-0.39, 0.29) is 0 Å². The van der Waals surface area contributed by atoms with Gasteiger partial charge in [0.1, 0.15) is 10.8 Å². The highest BCUT2D eigenvalue weighted by Crippen LogP contribution is 2.34. The first kappa shape index (κ1) is 18.5. The number of rotatable bonds is 7. The summed E-state index contributed by atoms with van der Waals surface area (Å²) in [5, 5.41) is 3.65. The number of methoxy groups -OCH3 is 1. The van der Waals surface area contributed by atoms with Crippen molar-refractivity contribution in [2.45, 2.75) is 24.8 Å². The summed E-state index contributed by atoms with van der Waals surface area (Å²) in [6.07, 6.45) is 0. The molecular weight excluding hydrogens is 368 g/mol. The normalized spacial score (nSPS) is 10.7. The van der Waals surface area contributed by atoms with E-state index in [0.717, 1.165) is 27.7 Å². The summed E-state index contributed by atoms with van der Waals surface area (Å²) in [6.45, 7) is 4.45. The molecule has 0 saturated carbocycles. The maximum Gasteiger partial charge on any atom is 0.190 e. The molecule has 0 unspecified atom stereocenters. The first-order valence-electron chi connectivity index (χ1n) is 8.08. The van der Waals surface area contributed by atoms with Gasteiger partial charge in [-0.2, -0.15) is 0 Å². The van der Waals surface area contributed by atoms with Crippen LogP contribution in [0.3, 0.4) is 0 Å². The van der Waals surface area contributed by atoms with Crippen LogP contribution in [0.4, 0.5) is 5.82 Å². The highest BCUT2D eigenvalue weighted by Gasteiger charge is 2.11. The Morgan fingerprint density at radius 1 is 1.15 bits per heavy atom. The number of hydrogen-bond acceptors (Lipinski definition) is 8. The van der Waals surface area contributed by atoms with Gasteiger partial charge in [0.15, 0.2) is 16.7 Å². The number of thiazole rings is 1. The molecule has 0 aliphatic heterocycles. The van der Waals surface area contributed by atoms with Crippen LogP contribution in [0.5, 0.6) is 11.5 Å². The van der Waals surface area contributed by atoms with Crippen LogP contribution in [0.1, 0.15) is 18.3 Å². The predicted molar refractivity (Wildman–Crippen MR) is 106 cm³/mol. The molecule has 136 valence electrons. The van der Waals surface area contributed by atoms with E-state index < -0.39 is 0 Å². The molecule has 26 heavy (non-hydrogen) atoms. The molecule has 2 heterocycles. The van der Waals surface area contributed by atoms with E-state index in [0.29, 0.717) is 29.1 Å². The molecule has 3 rings (SSSR count). The van der Waals surface area contributed by atoms with E-state index in [1.807, 2.05) is 37.4 Å². The van der Waals surface area contributed by atoms with Crippen molar-refractivity contribution in [3.8, 4) is 22.1 Å². The second-order valence-corrected chi connectivity index (χ2v) is 7.25. The molecule has 0 aliphatic carbocycles. The third-order valence-corrected chi connectivity index (χ3v) is 5.29. The van der Waals surface area contributed by atoms with Crippen molar-refractivity contribution in [3.05, 3.63) is 41.0 Å². The SMILES string of the molecule is CCOc1ccc(-c2nc(CSc3nc(C)cc(N)n3)cs2)cc1OC. The standard InChI is InChI=1S/C18H20N4O2S2/c1-4-24-14-6-5-12(8-15(14)23-3)17-21-13(9-25-17)10-26-18-20-11(2)7-16(19)22-18/h5-9H,4,10H2,1-3H3,(H2,19,20,22). The Kier molecular flexibility index (Phi) is 5.95. The van der Waals surface area contributed by atoms with Crippen LogP contribution in [0.2, 0.25) is 0 Å². The number of nitrogens with two attached hydrogens (primary N) is 1. The van der Waals surface area contributed by atoms with Gasteiger partial charge in [0.05, 0.1) is 19.4 Å². The Morgan fingerprint density at radius 3 is 2.73 bits per heavy atom. The molecule has 0 radical (unpaired) electrons. The van der Waals surface area contributed by atoms with Gasteiger partial charge in [-0.15, -0.1) is 11.3 Å². The van der Waals surface area contributed by atoms with Gasteiger partial charge >= 0.3 is 0 Å². The van der Waals surface area contributed by atoms with Gasteiger partial charge in [-0.25, -0.2) is 15.0 Å². The lowest BCUT2D eigenvalue weighted by atomic mass is 10.2. The molecule has 0 bridgehead atoms. The Bertz CT molecular complexity index is 878. The summed E-state index contributed by atoms with van der Waals surface area (Å²) in [4.78, 5) is 13.3. The van der Waals surface area contributed by atoms with E-state index in [2.05, 4.69) is 9.97 Å². The third kappa shape index (κ3) is 4.44. The van der Waals surface area contributed by atoms with Crippen molar-refractivity contribution < 1.29 is 9.47 Å². The fraction of sp³-hybridized carbons (Fsp3) is 0.278.